The lowest BCUT2D eigenvalue weighted by atomic mass is 10.9. The normalized spacial score (nSPS) is 22.6. The van der Waals surface area contributed by atoms with Gasteiger partial charge in [0, 0.05) is 9.45 Å². The zero-order valence-corrected chi connectivity index (χ0v) is 12.6. The molecule has 1 heterocycles. The number of alkyl halides is 3. The Labute approximate surface area is 103 Å². The zero-order valence-electron chi connectivity index (χ0n) is 6.16. The van der Waals surface area contributed by atoms with Crippen LogP contribution in [0.1, 0.15) is 6.92 Å². The third kappa shape index (κ3) is 2.71. The van der Waals surface area contributed by atoms with E-state index in [0.29, 0.717) is 10.1 Å². The van der Waals surface area contributed by atoms with E-state index in [1.807, 2.05) is 0 Å². The average molecular weight is 415 g/mol. The molecule has 0 amide bonds. The first-order valence-electron chi connectivity index (χ1n) is 2.87. The summed E-state index contributed by atoms with van der Waals surface area (Å²) in [4.78, 5) is 0. The van der Waals surface area contributed by atoms with E-state index in [4.69, 9.17) is 0 Å². The van der Waals surface area contributed by atoms with E-state index in [-0.39, 0.29) is 0 Å². The molecule has 0 radical (unpaired) electrons. The predicted octanol–water partition coefficient (Wildman–Crippen LogP) is 1.98. The minimum atomic E-state index is -2.22. The first kappa shape index (κ1) is 12.0. The minimum Gasteiger partial charge on any atom is -0.177 e. The fourth-order valence-corrected chi connectivity index (χ4v) is 5.91. The standard InChI is InChI=1S/C4H3Br3N2O2S2/c1-2-8-9-3(4(5,6)7)12(2)13(10)11/h1H3. The van der Waals surface area contributed by atoms with E-state index in [1.165, 1.54) is 0 Å². The van der Waals surface area contributed by atoms with Gasteiger partial charge in [-0.3, -0.25) is 0 Å². The first-order valence-corrected chi connectivity index (χ1v) is 8.07. The molecule has 0 spiro atoms. The molecule has 0 aliphatic carbocycles. The summed E-state index contributed by atoms with van der Waals surface area (Å²) in [6.07, 6.45) is 0. The second-order valence-corrected chi connectivity index (χ2v) is 12.5. The Morgan fingerprint density at radius 3 is 2.15 bits per heavy atom. The van der Waals surface area contributed by atoms with Crippen LogP contribution in [0.3, 0.4) is 0 Å². The number of rotatable bonds is 0. The van der Waals surface area contributed by atoms with Gasteiger partial charge < -0.3 is 0 Å². The molecule has 0 aromatic rings. The molecule has 4 nitrogen and oxygen atoms in total. The average Bonchev–Trinajstić information content (AvgIpc) is 2.28. The van der Waals surface area contributed by atoms with E-state index in [1.54, 1.807) is 6.92 Å². The van der Waals surface area contributed by atoms with Crippen molar-refractivity contribution in [3.05, 3.63) is 0 Å². The van der Waals surface area contributed by atoms with Gasteiger partial charge in [-0.1, -0.05) is 47.8 Å². The lowest BCUT2D eigenvalue weighted by Gasteiger charge is -2.10. The maximum absolute atomic E-state index is 10.9. The summed E-state index contributed by atoms with van der Waals surface area (Å²) in [7, 11) is -3.28. The molecule has 1 atom stereocenters. The van der Waals surface area contributed by atoms with Crippen LogP contribution in [0, 0.1) is 0 Å². The molecule has 0 aromatic carbocycles. The smallest absolute Gasteiger partial charge is 0.177 e. The van der Waals surface area contributed by atoms with Crippen LogP contribution in [0.4, 0.5) is 0 Å². The summed E-state index contributed by atoms with van der Waals surface area (Å²) in [6.45, 7) is 1.63. The van der Waals surface area contributed by atoms with Crippen LogP contribution in [-0.4, -0.2) is 20.6 Å². The monoisotopic (exact) mass is 412 g/mol. The molecule has 13 heavy (non-hydrogen) atoms. The van der Waals surface area contributed by atoms with Gasteiger partial charge in [0.2, 0.25) is 0 Å². The van der Waals surface area contributed by atoms with Crippen molar-refractivity contribution in [2.45, 2.75) is 9.07 Å². The van der Waals surface area contributed by atoms with E-state index < -0.39 is 20.9 Å². The zero-order chi connectivity index (χ0) is 10.2. The van der Waals surface area contributed by atoms with E-state index in [0.717, 1.165) is 0 Å². The number of halogens is 3. The minimum absolute atomic E-state index is 0.401. The van der Waals surface area contributed by atoms with Crippen molar-refractivity contribution in [2.24, 2.45) is 10.2 Å². The number of nitrogens with zero attached hydrogens (tertiary/aromatic N) is 2. The van der Waals surface area contributed by atoms with Crippen LogP contribution in [0.15, 0.2) is 10.2 Å². The molecule has 1 aliphatic heterocycles. The van der Waals surface area contributed by atoms with Gasteiger partial charge >= 0.3 is 0 Å². The van der Waals surface area contributed by atoms with Crippen molar-refractivity contribution >= 4 is 76.6 Å². The Kier molecular flexibility index (Phi) is 3.90. The van der Waals surface area contributed by atoms with Gasteiger partial charge in [0.15, 0.2) is 2.14 Å². The van der Waals surface area contributed by atoms with Gasteiger partial charge in [-0.15, -0.1) is 10.2 Å². The number of hydrogen-bond acceptors (Lipinski definition) is 4. The summed E-state index contributed by atoms with van der Waals surface area (Å²) in [5.74, 6) is 0. The Balaban J connectivity index is 3.32. The summed E-state index contributed by atoms with van der Waals surface area (Å²) in [5, 5.41) is 8.39. The highest BCUT2D eigenvalue weighted by molar-refractivity contribution is 9.40. The molecule has 0 fully saturated rings. The summed E-state index contributed by atoms with van der Waals surface area (Å²) >= 11 is 9.61. The second-order valence-electron chi connectivity index (χ2n) is 1.99. The molecule has 1 rings (SSSR count). The van der Waals surface area contributed by atoms with Crippen molar-refractivity contribution in [1.82, 2.24) is 0 Å². The van der Waals surface area contributed by atoms with Crippen molar-refractivity contribution in [1.29, 1.82) is 0 Å². The van der Waals surface area contributed by atoms with Crippen molar-refractivity contribution in [2.75, 3.05) is 0 Å². The molecule has 0 aromatic heterocycles. The van der Waals surface area contributed by atoms with Crippen molar-refractivity contribution < 1.29 is 8.42 Å². The SMILES string of the molecule is CC1=NN=C(C(Br)(Br)Br)S1=S(=O)=O. The maximum Gasteiger partial charge on any atom is 0.252 e. The first-order chi connectivity index (χ1) is 5.84. The van der Waals surface area contributed by atoms with Crippen LogP contribution in [0.2, 0.25) is 0 Å². The summed E-state index contributed by atoms with van der Waals surface area (Å²) < 4.78 is 20.9. The fraction of sp³-hybridized carbons (Fsp3) is 0.500. The highest BCUT2D eigenvalue weighted by Crippen LogP contribution is 2.38. The highest BCUT2D eigenvalue weighted by atomic mass is 80.0. The largest absolute Gasteiger partial charge is 0.252 e. The lowest BCUT2D eigenvalue weighted by Crippen LogP contribution is -2.23. The summed E-state index contributed by atoms with van der Waals surface area (Å²) in [6, 6.07) is 0. The Hall–Kier alpha value is 0.950. The van der Waals surface area contributed by atoms with E-state index in [9.17, 15) is 8.42 Å². The van der Waals surface area contributed by atoms with Crippen LogP contribution < -0.4 is 0 Å². The Morgan fingerprint density at radius 1 is 1.31 bits per heavy atom. The van der Waals surface area contributed by atoms with Crippen molar-refractivity contribution in [3.8, 4) is 0 Å². The summed E-state index contributed by atoms with van der Waals surface area (Å²) in [5.41, 5.74) is 0. The molecule has 1 unspecified atom stereocenters. The van der Waals surface area contributed by atoms with Crippen molar-refractivity contribution in [3.63, 3.8) is 0 Å². The molecule has 0 saturated carbocycles. The molecular weight excluding hydrogens is 412 g/mol. The van der Waals surface area contributed by atoms with Gasteiger partial charge in [0.25, 0.3) is 9.26 Å². The van der Waals surface area contributed by atoms with E-state index >= 15 is 0 Å². The molecular formula is C4H3Br3N2O2S2. The molecule has 74 valence electrons. The molecule has 1 aliphatic rings. The topological polar surface area (TPSA) is 58.9 Å². The van der Waals surface area contributed by atoms with Gasteiger partial charge in [-0.25, -0.2) is 0 Å². The molecule has 0 N–H and O–H groups in total. The quantitative estimate of drug-likeness (QED) is 0.569. The lowest BCUT2D eigenvalue weighted by molar-refractivity contribution is 0.628. The number of hydrogen-bond donors (Lipinski definition) is 0. The Morgan fingerprint density at radius 2 is 1.85 bits per heavy atom. The second kappa shape index (κ2) is 4.21. The van der Waals surface area contributed by atoms with Gasteiger partial charge in [0.1, 0.15) is 10.1 Å². The maximum atomic E-state index is 10.9. The van der Waals surface area contributed by atoms with E-state index in [2.05, 4.69) is 58.0 Å². The molecule has 9 heteroatoms. The predicted molar refractivity (Wildman–Crippen MR) is 66.3 cm³/mol. The highest BCUT2D eigenvalue weighted by Gasteiger charge is 2.34. The third-order valence-corrected chi connectivity index (χ3v) is 6.66. The van der Waals surface area contributed by atoms with Crippen LogP contribution in [0.5, 0.6) is 0 Å². The molecule has 0 saturated heterocycles. The van der Waals surface area contributed by atoms with Crippen LogP contribution in [0.25, 0.3) is 0 Å². The van der Waals surface area contributed by atoms with Crippen LogP contribution >= 0.6 is 47.8 Å². The van der Waals surface area contributed by atoms with Crippen LogP contribution in [-0.2, 0) is 18.7 Å². The molecule has 0 bridgehead atoms. The third-order valence-electron chi connectivity index (χ3n) is 1.10. The van der Waals surface area contributed by atoms with Gasteiger partial charge in [-0.05, 0) is 6.92 Å². The fourth-order valence-electron chi connectivity index (χ4n) is 0.655. The van der Waals surface area contributed by atoms with Gasteiger partial charge in [-0.2, -0.15) is 8.42 Å². The Bertz CT molecular complexity index is 423. The van der Waals surface area contributed by atoms with Gasteiger partial charge in [0.05, 0.1) is 0 Å².